The van der Waals surface area contributed by atoms with Crippen LogP contribution < -0.4 is 14.8 Å². The summed E-state index contributed by atoms with van der Waals surface area (Å²) in [6.07, 6.45) is 0. The van der Waals surface area contributed by atoms with Gasteiger partial charge in [0.05, 0.1) is 14.2 Å². The molecule has 2 amide bonds. The van der Waals surface area contributed by atoms with Crippen LogP contribution in [0, 0.1) is 0 Å². The summed E-state index contributed by atoms with van der Waals surface area (Å²) in [5.74, 6) is 1.32. The molecule has 3 aromatic carbocycles. The maximum absolute atomic E-state index is 13.0. The van der Waals surface area contributed by atoms with E-state index in [1.807, 2.05) is 55.4 Å². The second kappa shape index (κ2) is 11.9. The zero-order valence-electron chi connectivity index (χ0n) is 19.9. The minimum absolute atomic E-state index is 0.0984. The van der Waals surface area contributed by atoms with Gasteiger partial charge in [-0.05, 0) is 48.5 Å². The summed E-state index contributed by atoms with van der Waals surface area (Å²) >= 11 is 0. The Labute approximate surface area is 196 Å². The minimum Gasteiger partial charge on any atom is -0.493 e. The maximum atomic E-state index is 13.0. The zero-order chi connectivity index (χ0) is 23.6. The first kappa shape index (κ1) is 24.1. The van der Waals surface area contributed by atoms with Crippen LogP contribution in [0.15, 0.2) is 72.8 Å². The molecule has 3 aromatic rings. The van der Waals surface area contributed by atoms with Crippen LogP contribution >= 0.6 is 0 Å². The SMILES string of the molecule is COc1ccc(CN(CCN(C)C)C(=O)NCc2ccc(-c3ccccc3)cc2)cc1OC. The topological polar surface area (TPSA) is 54.0 Å². The molecule has 6 nitrogen and oxygen atoms in total. The molecular formula is C27H33N3O3. The Morgan fingerprint density at radius 1 is 0.788 bits per heavy atom. The maximum Gasteiger partial charge on any atom is 0.318 e. The Hall–Kier alpha value is -3.51. The number of likely N-dealkylation sites (N-methyl/N-ethyl adjacent to an activating group) is 1. The Bertz CT molecular complexity index is 1020. The molecule has 0 bridgehead atoms. The largest absolute Gasteiger partial charge is 0.493 e. The number of nitrogens with zero attached hydrogens (tertiary/aromatic N) is 2. The predicted molar refractivity (Wildman–Crippen MR) is 133 cm³/mol. The van der Waals surface area contributed by atoms with Crippen molar-refractivity contribution in [3.8, 4) is 22.6 Å². The van der Waals surface area contributed by atoms with Crippen LogP contribution in [0.4, 0.5) is 4.79 Å². The van der Waals surface area contributed by atoms with Gasteiger partial charge in [0.15, 0.2) is 11.5 Å². The molecule has 0 spiro atoms. The standard InChI is InChI=1S/C27H33N3O3/c1-29(2)16-17-30(20-22-12-15-25(32-3)26(18-22)33-4)27(31)28-19-21-10-13-24(14-11-21)23-8-6-5-7-9-23/h5-15,18H,16-17,19-20H2,1-4H3,(H,28,31). The molecule has 0 aromatic heterocycles. The van der Waals surface area contributed by atoms with Crippen LogP contribution in [0.3, 0.4) is 0 Å². The summed E-state index contributed by atoms with van der Waals surface area (Å²) in [7, 11) is 7.23. The second-order valence-electron chi connectivity index (χ2n) is 8.14. The molecule has 0 saturated heterocycles. The zero-order valence-corrected chi connectivity index (χ0v) is 19.9. The first-order valence-electron chi connectivity index (χ1n) is 11.0. The molecule has 1 N–H and O–H groups in total. The number of rotatable bonds is 10. The van der Waals surface area contributed by atoms with Gasteiger partial charge < -0.3 is 24.6 Å². The van der Waals surface area contributed by atoms with Gasteiger partial charge in [0.1, 0.15) is 0 Å². The van der Waals surface area contributed by atoms with Gasteiger partial charge in [-0.1, -0.05) is 60.7 Å². The third-order valence-corrected chi connectivity index (χ3v) is 5.43. The molecule has 0 aliphatic heterocycles. The van der Waals surface area contributed by atoms with Crippen molar-refractivity contribution < 1.29 is 14.3 Å². The third kappa shape index (κ3) is 6.99. The van der Waals surface area contributed by atoms with Crippen LogP contribution in [0.1, 0.15) is 11.1 Å². The molecule has 3 rings (SSSR count). The van der Waals surface area contributed by atoms with E-state index in [0.29, 0.717) is 31.1 Å². The lowest BCUT2D eigenvalue weighted by atomic mass is 10.0. The second-order valence-corrected chi connectivity index (χ2v) is 8.14. The van der Waals surface area contributed by atoms with E-state index in [-0.39, 0.29) is 6.03 Å². The summed E-state index contributed by atoms with van der Waals surface area (Å²) in [4.78, 5) is 16.9. The summed E-state index contributed by atoms with van der Waals surface area (Å²) in [5, 5.41) is 3.07. The summed E-state index contributed by atoms with van der Waals surface area (Å²) in [5.41, 5.74) is 4.38. The monoisotopic (exact) mass is 447 g/mol. The highest BCUT2D eigenvalue weighted by molar-refractivity contribution is 5.74. The van der Waals surface area contributed by atoms with Crippen molar-refractivity contribution >= 4 is 6.03 Å². The van der Waals surface area contributed by atoms with Crippen molar-refractivity contribution in [3.63, 3.8) is 0 Å². The predicted octanol–water partition coefficient (Wildman–Crippen LogP) is 4.64. The van der Waals surface area contributed by atoms with Crippen LogP contribution in [0.5, 0.6) is 11.5 Å². The highest BCUT2D eigenvalue weighted by atomic mass is 16.5. The average Bonchev–Trinajstić information content (AvgIpc) is 2.85. The number of urea groups is 1. The number of ether oxygens (including phenoxy) is 2. The molecule has 0 aliphatic carbocycles. The molecular weight excluding hydrogens is 414 g/mol. The van der Waals surface area contributed by atoms with E-state index in [1.165, 1.54) is 5.56 Å². The molecule has 0 heterocycles. The van der Waals surface area contributed by atoms with E-state index in [4.69, 9.17) is 9.47 Å². The van der Waals surface area contributed by atoms with E-state index in [2.05, 4.69) is 46.6 Å². The van der Waals surface area contributed by atoms with Crippen molar-refractivity contribution in [1.29, 1.82) is 0 Å². The fraction of sp³-hybridized carbons (Fsp3) is 0.296. The Kier molecular flexibility index (Phi) is 8.72. The fourth-order valence-electron chi connectivity index (χ4n) is 3.51. The van der Waals surface area contributed by atoms with Gasteiger partial charge in [-0.3, -0.25) is 0 Å². The van der Waals surface area contributed by atoms with Gasteiger partial charge in [-0.15, -0.1) is 0 Å². The molecule has 0 saturated carbocycles. The number of methoxy groups -OCH3 is 2. The van der Waals surface area contributed by atoms with E-state index < -0.39 is 0 Å². The number of hydrogen-bond donors (Lipinski definition) is 1. The van der Waals surface area contributed by atoms with Crippen molar-refractivity contribution in [2.75, 3.05) is 41.4 Å². The molecule has 33 heavy (non-hydrogen) atoms. The molecule has 0 aliphatic rings. The minimum atomic E-state index is -0.0984. The first-order chi connectivity index (χ1) is 16.0. The van der Waals surface area contributed by atoms with Crippen molar-refractivity contribution in [3.05, 3.63) is 83.9 Å². The van der Waals surface area contributed by atoms with Crippen LogP contribution in [-0.4, -0.2) is 57.2 Å². The molecule has 0 fully saturated rings. The number of carbonyl (C=O) groups is 1. The van der Waals surface area contributed by atoms with Gasteiger partial charge in [-0.2, -0.15) is 0 Å². The van der Waals surface area contributed by atoms with E-state index in [9.17, 15) is 4.79 Å². The number of benzene rings is 3. The Balaban J connectivity index is 1.65. The Morgan fingerprint density at radius 2 is 1.42 bits per heavy atom. The molecule has 0 atom stereocenters. The normalized spacial score (nSPS) is 10.7. The quantitative estimate of drug-likeness (QED) is 0.492. The van der Waals surface area contributed by atoms with Gasteiger partial charge in [0.25, 0.3) is 0 Å². The van der Waals surface area contributed by atoms with Gasteiger partial charge in [0, 0.05) is 26.2 Å². The fourth-order valence-corrected chi connectivity index (χ4v) is 3.51. The number of amides is 2. The first-order valence-corrected chi connectivity index (χ1v) is 11.0. The van der Waals surface area contributed by atoms with E-state index >= 15 is 0 Å². The van der Waals surface area contributed by atoms with Crippen molar-refractivity contribution in [2.24, 2.45) is 0 Å². The lowest BCUT2D eigenvalue weighted by Gasteiger charge is -2.25. The van der Waals surface area contributed by atoms with E-state index in [0.717, 1.165) is 23.2 Å². The van der Waals surface area contributed by atoms with Gasteiger partial charge in [0.2, 0.25) is 0 Å². The molecule has 174 valence electrons. The van der Waals surface area contributed by atoms with Gasteiger partial charge in [-0.25, -0.2) is 4.79 Å². The smallest absolute Gasteiger partial charge is 0.318 e. The summed E-state index contributed by atoms with van der Waals surface area (Å²) in [6, 6.07) is 24.2. The summed E-state index contributed by atoms with van der Waals surface area (Å²) < 4.78 is 10.7. The number of nitrogens with one attached hydrogen (secondary N) is 1. The highest BCUT2D eigenvalue weighted by Gasteiger charge is 2.15. The van der Waals surface area contributed by atoms with Gasteiger partial charge >= 0.3 is 6.03 Å². The molecule has 0 radical (unpaired) electrons. The molecule has 0 unspecified atom stereocenters. The van der Waals surface area contributed by atoms with Crippen LogP contribution in [0.25, 0.3) is 11.1 Å². The van der Waals surface area contributed by atoms with Crippen molar-refractivity contribution in [1.82, 2.24) is 15.1 Å². The Morgan fingerprint density at radius 3 is 2.06 bits per heavy atom. The lowest BCUT2D eigenvalue weighted by molar-refractivity contribution is 0.188. The van der Waals surface area contributed by atoms with E-state index in [1.54, 1.807) is 14.2 Å². The third-order valence-electron chi connectivity index (χ3n) is 5.43. The average molecular weight is 448 g/mol. The van der Waals surface area contributed by atoms with Crippen LogP contribution in [0.2, 0.25) is 0 Å². The van der Waals surface area contributed by atoms with Crippen LogP contribution in [-0.2, 0) is 13.1 Å². The molecule has 6 heteroatoms. The number of carbonyl (C=O) groups excluding carboxylic acids is 1. The summed E-state index contributed by atoms with van der Waals surface area (Å²) in [6.45, 7) is 2.33. The van der Waals surface area contributed by atoms with Crippen molar-refractivity contribution in [2.45, 2.75) is 13.1 Å². The number of hydrogen-bond acceptors (Lipinski definition) is 4. The lowest BCUT2D eigenvalue weighted by Crippen LogP contribution is -2.42. The highest BCUT2D eigenvalue weighted by Crippen LogP contribution is 2.28.